The molecule has 0 spiro atoms. The second kappa shape index (κ2) is 5.93. The lowest BCUT2D eigenvalue weighted by Crippen LogP contribution is -2.15. The summed E-state index contributed by atoms with van der Waals surface area (Å²) in [7, 11) is 0. The summed E-state index contributed by atoms with van der Waals surface area (Å²) in [6, 6.07) is 5.53. The molecule has 0 fully saturated rings. The normalized spacial score (nSPS) is 10.1. The number of nitro groups is 1. The molecule has 0 saturated heterocycles. The highest BCUT2D eigenvalue weighted by Crippen LogP contribution is 2.24. The van der Waals surface area contributed by atoms with E-state index in [4.69, 9.17) is 11.6 Å². The second-order valence-corrected chi connectivity index (χ2v) is 4.88. The molecule has 0 unspecified atom stereocenters. The van der Waals surface area contributed by atoms with Crippen molar-refractivity contribution in [1.29, 1.82) is 0 Å². The average molecular weight is 358 g/mol. The maximum absolute atomic E-state index is 11.9. The Bertz CT molecular complexity index is 678. The van der Waals surface area contributed by atoms with Crippen LogP contribution in [0.1, 0.15) is 10.5 Å². The zero-order valence-corrected chi connectivity index (χ0v) is 12.1. The van der Waals surface area contributed by atoms with Gasteiger partial charge in [0, 0.05) is 16.7 Å². The summed E-state index contributed by atoms with van der Waals surface area (Å²) in [4.78, 5) is 29.7. The van der Waals surface area contributed by atoms with Gasteiger partial charge in [-0.15, -0.1) is 0 Å². The number of hydrogen-bond acceptors (Lipinski definition) is 5. The molecule has 2 aromatic heterocycles. The van der Waals surface area contributed by atoms with Gasteiger partial charge in [0.05, 0.1) is 4.92 Å². The van der Waals surface area contributed by atoms with Crippen LogP contribution in [-0.4, -0.2) is 20.8 Å². The molecule has 0 saturated carbocycles. The number of nitrogens with zero attached hydrogens (tertiary/aromatic N) is 3. The minimum absolute atomic E-state index is 0.0367. The van der Waals surface area contributed by atoms with E-state index in [-0.39, 0.29) is 22.4 Å². The van der Waals surface area contributed by atoms with Gasteiger partial charge in [-0.05, 0) is 34.1 Å². The minimum Gasteiger partial charge on any atom is -0.299 e. The van der Waals surface area contributed by atoms with Crippen LogP contribution in [0.4, 0.5) is 11.5 Å². The molecule has 0 bridgehead atoms. The van der Waals surface area contributed by atoms with Crippen LogP contribution in [0.15, 0.2) is 34.9 Å². The monoisotopic (exact) mass is 356 g/mol. The lowest BCUT2D eigenvalue weighted by Gasteiger charge is -2.05. The van der Waals surface area contributed by atoms with Crippen LogP contribution in [0.2, 0.25) is 5.15 Å². The standard InChI is InChI=1S/C11H6BrClN4O3/c12-6-1-2-7(14-5-6)11(18)16-10-8(17(19)20)3-4-9(13)15-10/h1-5H,(H,15,16,18). The van der Waals surface area contributed by atoms with Crippen LogP contribution in [0.3, 0.4) is 0 Å². The first-order valence-electron chi connectivity index (χ1n) is 5.21. The van der Waals surface area contributed by atoms with Gasteiger partial charge < -0.3 is 0 Å². The number of carbonyl (C=O) groups is 1. The van der Waals surface area contributed by atoms with Gasteiger partial charge >= 0.3 is 5.69 Å². The number of nitrogens with one attached hydrogen (secondary N) is 1. The van der Waals surface area contributed by atoms with Crippen LogP contribution in [0.5, 0.6) is 0 Å². The number of amides is 1. The topological polar surface area (TPSA) is 98.0 Å². The fourth-order valence-corrected chi connectivity index (χ4v) is 1.73. The van der Waals surface area contributed by atoms with E-state index < -0.39 is 10.8 Å². The summed E-state index contributed by atoms with van der Waals surface area (Å²) >= 11 is 8.85. The Labute approximate surface area is 126 Å². The van der Waals surface area contributed by atoms with Crippen molar-refractivity contribution < 1.29 is 9.72 Å². The van der Waals surface area contributed by atoms with Crippen molar-refractivity contribution >= 4 is 44.9 Å². The molecule has 7 nitrogen and oxygen atoms in total. The molecule has 1 amide bonds. The number of hydrogen-bond donors (Lipinski definition) is 1. The van der Waals surface area contributed by atoms with E-state index >= 15 is 0 Å². The Hall–Kier alpha value is -2.06. The first-order valence-corrected chi connectivity index (χ1v) is 6.38. The quantitative estimate of drug-likeness (QED) is 0.517. The largest absolute Gasteiger partial charge is 0.311 e. The third-order valence-corrected chi connectivity index (χ3v) is 2.91. The van der Waals surface area contributed by atoms with Crippen LogP contribution < -0.4 is 5.32 Å². The Balaban J connectivity index is 2.29. The third kappa shape index (κ3) is 3.28. The van der Waals surface area contributed by atoms with Crippen molar-refractivity contribution in [2.45, 2.75) is 0 Å². The van der Waals surface area contributed by atoms with Crippen LogP contribution >= 0.6 is 27.5 Å². The predicted molar refractivity (Wildman–Crippen MR) is 75.8 cm³/mol. The van der Waals surface area contributed by atoms with Gasteiger partial charge in [0.2, 0.25) is 5.82 Å². The Morgan fingerprint density at radius 1 is 1.35 bits per heavy atom. The molecular formula is C11H6BrClN4O3. The Kier molecular flexibility index (Phi) is 4.26. The first-order chi connectivity index (χ1) is 9.47. The predicted octanol–water partition coefficient (Wildman–Crippen LogP) is 3.05. The lowest BCUT2D eigenvalue weighted by atomic mass is 10.3. The average Bonchev–Trinajstić information content (AvgIpc) is 2.39. The van der Waals surface area contributed by atoms with E-state index in [0.717, 1.165) is 0 Å². The molecule has 2 rings (SSSR count). The van der Waals surface area contributed by atoms with E-state index in [1.165, 1.54) is 24.4 Å². The lowest BCUT2D eigenvalue weighted by molar-refractivity contribution is -0.384. The summed E-state index contributed by atoms with van der Waals surface area (Å²) in [6.45, 7) is 0. The molecule has 20 heavy (non-hydrogen) atoms. The van der Waals surface area contributed by atoms with Crippen molar-refractivity contribution in [3.05, 3.63) is 55.9 Å². The number of halogens is 2. The van der Waals surface area contributed by atoms with E-state index in [2.05, 4.69) is 31.2 Å². The van der Waals surface area contributed by atoms with Crippen molar-refractivity contribution in [2.75, 3.05) is 5.32 Å². The highest BCUT2D eigenvalue weighted by molar-refractivity contribution is 9.10. The van der Waals surface area contributed by atoms with Gasteiger partial charge in [-0.3, -0.25) is 20.2 Å². The molecule has 1 N–H and O–H groups in total. The van der Waals surface area contributed by atoms with Gasteiger partial charge in [-0.25, -0.2) is 9.97 Å². The molecule has 0 aliphatic rings. The van der Waals surface area contributed by atoms with Crippen molar-refractivity contribution in [2.24, 2.45) is 0 Å². The van der Waals surface area contributed by atoms with Crippen molar-refractivity contribution in [1.82, 2.24) is 9.97 Å². The zero-order chi connectivity index (χ0) is 14.7. The van der Waals surface area contributed by atoms with Gasteiger partial charge in [0.15, 0.2) is 0 Å². The van der Waals surface area contributed by atoms with E-state index in [9.17, 15) is 14.9 Å². The van der Waals surface area contributed by atoms with Crippen LogP contribution in [0, 0.1) is 10.1 Å². The van der Waals surface area contributed by atoms with Gasteiger partial charge in [-0.1, -0.05) is 11.6 Å². The van der Waals surface area contributed by atoms with Crippen molar-refractivity contribution in [3.8, 4) is 0 Å². The van der Waals surface area contributed by atoms with E-state index in [1.807, 2.05) is 0 Å². The highest BCUT2D eigenvalue weighted by atomic mass is 79.9. The fraction of sp³-hybridized carbons (Fsp3) is 0. The maximum atomic E-state index is 11.9. The van der Waals surface area contributed by atoms with Gasteiger partial charge in [-0.2, -0.15) is 0 Å². The van der Waals surface area contributed by atoms with Crippen molar-refractivity contribution in [3.63, 3.8) is 0 Å². The molecular weight excluding hydrogens is 352 g/mol. The number of anilines is 1. The molecule has 2 heterocycles. The summed E-state index contributed by atoms with van der Waals surface area (Å²) < 4.78 is 0.709. The molecule has 2 aromatic rings. The summed E-state index contributed by atoms with van der Waals surface area (Å²) in [5.41, 5.74) is -0.246. The van der Waals surface area contributed by atoms with Crippen LogP contribution in [0.25, 0.3) is 0 Å². The second-order valence-electron chi connectivity index (χ2n) is 3.57. The van der Waals surface area contributed by atoms with E-state index in [0.29, 0.717) is 4.47 Å². The summed E-state index contributed by atoms with van der Waals surface area (Å²) in [6.07, 6.45) is 1.44. The molecule has 0 aromatic carbocycles. The smallest absolute Gasteiger partial charge is 0.299 e. The third-order valence-electron chi connectivity index (χ3n) is 2.23. The highest BCUT2D eigenvalue weighted by Gasteiger charge is 2.19. The first kappa shape index (κ1) is 14.4. The minimum atomic E-state index is -0.659. The molecule has 0 aliphatic carbocycles. The molecule has 0 radical (unpaired) electrons. The fourth-order valence-electron chi connectivity index (χ4n) is 1.35. The molecule has 0 atom stereocenters. The van der Waals surface area contributed by atoms with E-state index in [1.54, 1.807) is 6.07 Å². The zero-order valence-electron chi connectivity index (χ0n) is 9.71. The summed E-state index contributed by atoms with van der Waals surface area (Å²) in [5.74, 6) is -0.840. The van der Waals surface area contributed by atoms with Gasteiger partial charge in [0.1, 0.15) is 10.8 Å². The van der Waals surface area contributed by atoms with Gasteiger partial charge in [0.25, 0.3) is 5.91 Å². The Morgan fingerprint density at radius 3 is 2.70 bits per heavy atom. The number of aromatic nitrogens is 2. The SMILES string of the molecule is O=C(Nc1nc(Cl)ccc1[N+](=O)[O-])c1ccc(Br)cn1. The molecule has 102 valence electrons. The number of rotatable bonds is 3. The molecule has 0 aliphatic heterocycles. The number of pyridine rings is 2. The Morgan fingerprint density at radius 2 is 2.10 bits per heavy atom. The number of carbonyl (C=O) groups excluding carboxylic acids is 1. The molecule has 9 heteroatoms. The summed E-state index contributed by atoms with van der Waals surface area (Å²) in [5, 5.41) is 13.2. The maximum Gasteiger partial charge on any atom is 0.311 e. The van der Waals surface area contributed by atoms with Crippen LogP contribution in [-0.2, 0) is 0 Å².